The Hall–Kier alpha value is -0.630. The Morgan fingerprint density at radius 1 is 1.10 bits per heavy atom. The molecule has 1 aromatic carbocycles. The number of alkyl halides is 7. The zero-order chi connectivity index (χ0) is 15.7. The van der Waals surface area contributed by atoms with Gasteiger partial charge in [0.05, 0.1) is 11.9 Å². The molecule has 0 spiro atoms. The van der Waals surface area contributed by atoms with E-state index in [-0.39, 0.29) is 16.3 Å². The number of halogens is 8. The molecule has 0 saturated carbocycles. The molecule has 1 nitrogen and oxygen atoms in total. The van der Waals surface area contributed by atoms with E-state index >= 15 is 0 Å². The van der Waals surface area contributed by atoms with Crippen LogP contribution in [0.4, 0.5) is 26.3 Å². The predicted octanol–water partition coefficient (Wildman–Crippen LogP) is 5.53. The minimum Gasteiger partial charge on any atom is -0.496 e. The molecule has 0 saturated heterocycles. The van der Waals surface area contributed by atoms with Crippen LogP contribution in [0.5, 0.6) is 5.75 Å². The zero-order valence-electron chi connectivity index (χ0n) is 9.82. The van der Waals surface area contributed by atoms with E-state index in [4.69, 9.17) is 16.3 Å². The molecule has 0 aromatic heterocycles. The first kappa shape index (κ1) is 17.4. The lowest BCUT2D eigenvalue weighted by molar-refractivity contribution is -0.283. The summed E-state index contributed by atoms with van der Waals surface area (Å²) in [5, 5.41) is 0.00773. The first-order chi connectivity index (χ1) is 8.98. The number of hydrogen-bond donors (Lipinski definition) is 0. The number of methoxy groups -OCH3 is 1. The van der Waals surface area contributed by atoms with Gasteiger partial charge in [-0.15, -0.1) is 0 Å². The van der Waals surface area contributed by atoms with Crippen LogP contribution in [0.2, 0.25) is 5.02 Å². The summed E-state index contributed by atoms with van der Waals surface area (Å²) in [6.45, 7) is 0. The van der Waals surface area contributed by atoms with Crippen LogP contribution in [-0.4, -0.2) is 19.5 Å². The molecular formula is C11H8BrClF6O. The summed E-state index contributed by atoms with van der Waals surface area (Å²) in [7, 11) is 1.14. The van der Waals surface area contributed by atoms with Crippen molar-refractivity contribution in [3.63, 3.8) is 0 Å². The van der Waals surface area contributed by atoms with Gasteiger partial charge in [0.2, 0.25) is 0 Å². The largest absolute Gasteiger partial charge is 0.496 e. The molecular weight excluding hydrogens is 377 g/mol. The molecule has 0 heterocycles. The standard InChI is InChI=1S/C11H8BrClF6O/c1-20-7-3-2-5(13)4-6(7)8(12)9(10(14,15)16)11(17,18)19/h2-4,8-9H,1H3. The molecule has 0 amide bonds. The Morgan fingerprint density at radius 2 is 1.60 bits per heavy atom. The van der Waals surface area contributed by atoms with Gasteiger partial charge < -0.3 is 4.74 Å². The number of benzene rings is 1. The second-order valence-corrected chi connectivity index (χ2v) is 5.27. The molecule has 1 atom stereocenters. The van der Waals surface area contributed by atoms with E-state index in [0.717, 1.165) is 13.2 Å². The average Bonchev–Trinajstić information content (AvgIpc) is 2.24. The number of hydrogen-bond acceptors (Lipinski definition) is 1. The van der Waals surface area contributed by atoms with Crippen molar-refractivity contribution in [3.8, 4) is 5.75 Å². The van der Waals surface area contributed by atoms with Crippen molar-refractivity contribution in [2.24, 2.45) is 5.92 Å². The van der Waals surface area contributed by atoms with E-state index in [9.17, 15) is 26.3 Å². The van der Waals surface area contributed by atoms with E-state index < -0.39 is 23.1 Å². The van der Waals surface area contributed by atoms with Gasteiger partial charge in [-0.05, 0) is 18.2 Å². The highest BCUT2D eigenvalue weighted by molar-refractivity contribution is 9.09. The van der Waals surface area contributed by atoms with Crippen molar-refractivity contribution in [1.82, 2.24) is 0 Å². The summed E-state index contributed by atoms with van der Waals surface area (Å²) < 4.78 is 80.8. The summed E-state index contributed by atoms with van der Waals surface area (Å²) in [5.74, 6) is -3.68. The minimum atomic E-state index is -5.46. The average molecular weight is 386 g/mol. The van der Waals surface area contributed by atoms with Crippen LogP contribution >= 0.6 is 27.5 Å². The molecule has 9 heteroatoms. The lowest BCUT2D eigenvalue weighted by atomic mass is 9.97. The lowest BCUT2D eigenvalue weighted by Crippen LogP contribution is -2.39. The van der Waals surface area contributed by atoms with Gasteiger partial charge in [0.1, 0.15) is 5.75 Å². The highest BCUT2D eigenvalue weighted by atomic mass is 79.9. The van der Waals surface area contributed by atoms with Crippen LogP contribution in [0.3, 0.4) is 0 Å². The molecule has 20 heavy (non-hydrogen) atoms. The Kier molecular flexibility index (Phi) is 5.23. The van der Waals surface area contributed by atoms with E-state index in [1.807, 2.05) is 0 Å². The topological polar surface area (TPSA) is 9.23 Å². The van der Waals surface area contributed by atoms with Crippen molar-refractivity contribution >= 4 is 27.5 Å². The molecule has 0 N–H and O–H groups in total. The monoisotopic (exact) mass is 384 g/mol. The van der Waals surface area contributed by atoms with E-state index in [1.165, 1.54) is 12.1 Å². The lowest BCUT2D eigenvalue weighted by Gasteiger charge is -2.28. The molecule has 1 aromatic rings. The first-order valence-electron chi connectivity index (χ1n) is 5.09. The number of rotatable bonds is 3. The molecule has 1 rings (SSSR count). The third kappa shape index (κ3) is 3.94. The third-order valence-electron chi connectivity index (χ3n) is 2.49. The quantitative estimate of drug-likeness (QED) is 0.491. The van der Waals surface area contributed by atoms with Crippen LogP contribution in [0, 0.1) is 5.92 Å². The van der Waals surface area contributed by atoms with Crippen molar-refractivity contribution in [2.75, 3.05) is 7.11 Å². The van der Waals surface area contributed by atoms with Gasteiger partial charge in [0, 0.05) is 10.6 Å². The maximum Gasteiger partial charge on any atom is 0.401 e. The maximum atomic E-state index is 12.7. The Balaban J connectivity index is 3.33. The second-order valence-electron chi connectivity index (χ2n) is 3.85. The number of ether oxygens (including phenoxy) is 1. The smallest absolute Gasteiger partial charge is 0.401 e. The van der Waals surface area contributed by atoms with Crippen molar-refractivity contribution in [2.45, 2.75) is 17.2 Å². The Bertz CT molecular complexity index is 459. The van der Waals surface area contributed by atoms with Gasteiger partial charge in [-0.1, -0.05) is 27.5 Å². The molecule has 0 fully saturated rings. The van der Waals surface area contributed by atoms with Crippen molar-refractivity contribution in [1.29, 1.82) is 0 Å². The fourth-order valence-electron chi connectivity index (χ4n) is 1.62. The normalized spacial score (nSPS) is 14.5. The summed E-state index contributed by atoms with van der Waals surface area (Å²) >= 11 is 8.08. The summed E-state index contributed by atoms with van der Waals surface area (Å²) in [6.07, 6.45) is -10.9. The van der Waals surface area contributed by atoms with E-state index in [0.29, 0.717) is 0 Å². The summed E-state index contributed by atoms with van der Waals surface area (Å²) in [5.41, 5.74) is -0.320. The van der Waals surface area contributed by atoms with Gasteiger partial charge in [0.25, 0.3) is 0 Å². The van der Waals surface area contributed by atoms with Gasteiger partial charge in [-0.3, -0.25) is 0 Å². The molecule has 0 bridgehead atoms. The third-order valence-corrected chi connectivity index (χ3v) is 3.74. The fourth-order valence-corrected chi connectivity index (χ4v) is 2.76. The molecule has 0 aliphatic heterocycles. The Labute approximate surface area is 124 Å². The molecule has 0 radical (unpaired) electrons. The van der Waals surface area contributed by atoms with Gasteiger partial charge in [0.15, 0.2) is 5.92 Å². The molecule has 0 aliphatic rings. The van der Waals surface area contributed by atoms with Crippen LogP contribution in [0.15, 0.2) is 18.2 Å². The van der Waals surface area contributed by atoms with E-state index in [1.54, 1.807) is 0 Å². The molecule has 0 aliphatic carbocycles. The molecule has 114 valence electrons. The Morgan fingerprint density at radius 3 is 2.00 bits per heavy atom. The maximum absolute atomic E-state index is 12.7. The van der Waals surface area contributed by atoms with Gasteiger partial charge >= 0.3 is 12.4 Å². The van der Waals surface area contributed by atoms with Crippen LogP contribution in [0.1, 0.15) is 10.4 Å². The van der Waals surface area contributed by atoms with Crippen molar-refractivity contribution in [3.05, 3.63) is 28.8 Å². The molecule has 1 unspecified atom stereocenters. The van der Waals surface area contributed by atoms with Gasteiger partial charge in [-0.2, -0.15) is 26.3 Å². The highest BCUT2D eigenvalue weighted by Gasteiger charge is 2.60. The predicted molar refractivity (Wildman–Crippen MR) is 65.3 cm³/mol. The fraction of sp³-hybridized carbons (Fsp3) is 0.455. The summed E-state index contributed by atoms with van der Waals surface area (Å²) in [4.78, 5) is -2.06. The zero-order valence-corrected chi connectivity index (χ0v) is 12.2. The van der Waals surface area contributed by atoms with Crippen LogP contribution in [0.25, 0.3) is 0 Å². The summed E-state index contributed by atoms with van der Waals surface area (Å²) in [6, 6.07) is 3.51. The van der Waals surface area contributed by atoms with Crippen LogP contribution < -0.4 is 4.74 Å². The van der Waals surface area contributed by atoms with Crippen molar-refractivity contribution < 1.29 is 31.1 Å². The minimum absolute atomic E-state index is 0.00773. The first-order valence-corrected chi connectivity index (χ1v) is 6.38. The second kappa shape index (κ2) is 6.01. The van der Waals surface area contributed by atoms with E-state index in [2.05, 4.69) is 15.9 Å². The highest BCUT2D eigenvalue weighted by Crippen LogP contribution is 2.51. The SMILES string of the molecule is COc1ccc(Cl)cc1C(Br)C(C(F)(F)F)C(F)(F)F. The van der Waals surface area contributed by atoms with Gasteiger partial charge in [-0.25, -0.2) is 0 Å². The van der Waals surface area contributed by atoms with Crippen LogP contribution in [-0.2, 0) is 0 Å².